The Balaban J connectivity index is 2.69. The minimum Gasteiger partial charge on any atom is -0.203 e. The van der Waals surface area contributed by atoms with Crippen LogP contribution in [0.15, 0.2) is 8.87 Å². The van der Waals surface area contributed by atoms with Gasteiger partial charge in [0.05, 0.1) is 32.0 Å². The number of halogens is 5. The second-order valence-corrected chi connectivity index (χ2v) is 4.95. The number of amidine groups is 1. The molecule has 2 rings (SSSR count). The summed E-state index contributed by atoms with van der Waals surface area (Å²) in [6.45, 7) is 0. The Bertz CT molecular complexity index is 465. The molecule has 2 nitrogen and oxygen atoms in total. The molecule has 0 saturated carbocycles. The van der Waals surface area contributed by atoms with Crippen LogP contribution in [-0.4, -0.2) is 5.84 Å². The molecule has 0 unspecified atom stereocenters. The third-order valence-corrected chi connectivity index (χ3v) is 3.62. The van der Waals surface area contributed by atoms with E-state index in [0.717, 1.165) is 22.0 Å². The van der Waals surface area contributed by atoms with Crippen LogP contribution >= 0.6 is 37.9 Å². The van der Waals surface area contributed by atoms with Crippen molar-refractivity contribution < 1.29 is 17.6 Å². The van der Waals surface area contributed by atoms with Gasteiger partial charge in [-0.25, -0.2) is 17.6 Å². The van der Waals surface area contributed by atoms with Crippen LogP contribution in [0.4, 0.5) is 17.6 Å². The van der Waals surface area contributed by atoms with Gasteiger partial charge in [-0.15, -0.1) is 0 Å². The van der Waals surface area contributed by atoms with Gasteiger partial charge in [0.25, 0.3) is 0 Å². The maximum Gasteiger partial charge on any atom is 0.183 e. The predicted octanol–water partition coefficient (Wildman–Crippen LogP) is 3.58. The number of hydrogen-bond acceptors (Lipinski definition) is 3. The number of hydrogen-bond donors (Lipinski definition) is 0. The van der Waals surface area contributed by atoms with Crippen molar-refractivity contribution in [1.29, 1.82) is 0 Å². The van der Waals surface area contributed by atoms with E-state index in [1.165, 1.54) is 0 Å². The molecule has 16 heavy (non-hydrogen) atoms. The maximum absolute atomic E-state index is 13.4. The molecule has 0 atom stereocenters. The summed E-state index contributed by atoms with van der Waals surface area (Å²) in [4.78, 5) is 0. The first-order valence-electron chi connectivity index (χ1n) is 3.67. The average molecular weight is 332 g/mol. The van der Waals surface area contributed by atoms with Crippen molar-refractivity contribution >= 4 is 43.7 Å². The topological polar surface area (TPSA) is 26.5 Å². The molecule has 1 radical (unpaired) electrons. The van der Waals surface area contributed by atoms with Crippen LogP contribution in [0.5, 0.6) is 0 Å². The molecule has 0 aliphatic carbocycles. The highest BCUT2D eigenvalue weighted by Gasteiger charge is 2.29. The molecule has 0 aromatic heterocycles. The summed E-state index contributed by atoms with van der Waals surface area (Å²) in [6.07, 6.45) is 0. The Hall–Kier alpha value is -0.410. The molecule has 1 aromatic carbocycles. The third kappa shape index (κ3) is 1.80. The molecule has 0 fully saturated rings. The van der Waals surface area contributed by atoms with E-state index in [-0.39, 0.29) is 5.84 Å². The van der Waals surface area contributed by atoms with Crippen molar-refractivity contribution in [3.05, 3.63) is 33.3 Å². The SMILES string of the molecule is Fc1c(F)c(C2=NSS[N]2)c(F)c(F)c1Br. The lowest BCUT2D eigenvalue weighted by atomic mass is 10.1. The fourth-order valence-corrected chi connectivity index (χ4v) is 2.51. The van der Waals surface area contributed by atoms with Crippen molar-refractivity contribution in [2.75, 3.05) is 0 Å². The van der Waals surface area contributed by atoms with Crippen LogP contribution in [0.25, 0.3) is 0 Å². The molecular formula is C7BrF4N2S2. The number of rotatable bonds is 1. The fourth-order valence-electron chi connectivity index (χ4n) is 1.01. The minimum atomic E-state index is -1.52. The van der Waals surface area contributed by atoms with E-state index in [0.29, 0.717) is 0 Å². The summed E-state index contributed by atoms with van der Waals surface area (Å²) in [5.74, 6) is -6.41. The molecule has 1 aliphatic rings. The van der Waals surface area contributed by atoms with E-state index in [1.807, 2.05) is 0 Å². The van der Waals surface area contributed by atoms with Crippen molar-refractivity contribution in [2.45, 2.75) is 0 Å². The number of benzene rings is 1. The first-order valence-corrected chi connectivity index (χ1v) is 6.53. The van der Waals surface area contributed by atoms with Gasteiger partial charge < -0.3 is 0 Å². The minimum absolute atomic E-state index is 0.365. The molecule has 85 valence electrons. The largest absolute Gasteiger partial charge is 0.203 e. The Morgan fingerprint density at radius 1 is 0.875 bits per heavy atom. The Morgan fingerprint density at radius 2 is 1.44 bits per heavy atom. The van der Waals surface area contributed by atoms with E-state index in [9.17, 15) is 17.6 Å². The molecule has 1 aliphatic heterocycles. The molecule has 0 N–H and O–H groups in total. The zero-order valence-corrected chi connectivity index (χ0v) is 10.3. The lowest BCUT2D eigenvalue weighted by molar-refractivity contribution is 0.444. The Kier molecular flexibility index (Phi) is 3.36. The Labute approximate surface area is 104 Å². The van der Waals surface area contributed by atoms with Gasteiger partial charge in [-0.1, -0.05) is 0 Å². The molecule has 1 heterocycles. The highest BCUT2D eigenvalue weighted by atomic mass is 79.9. The van der Waals surface area contributed by atoms with Crippen molar-refractivity contribution in [3.8, 4) is 0 Å². The summed E-state index contributed by atoms with van der Waals surface area (Å²) in [5.41, 5.74) is -0.893. The first kappa shape index (κ1) is 12.1. The molecule has 0 spiro atoms. The van der Waals surface area contributed by atoms with Gasteiger partial charge in [0, 0.05) is 0 Å². The van der Waals surface area contributed by atoms with E-state index in [4.69, 9.17) is 0 Å². The van der Waals surface area contributed by atoms with Crippen LogP contribution in [0, 0.1) is 23.3 Å². The first-order chi connectivity index (χ1) is 7.54. The standard InChI is InChI=1S/C7BrF4N2S2/c8-2-5(11)3(9)1(4(10)6(2)12)7-13-15-16-14-7. The summed E-state index contributed by atoms with van der Waals surface area (Å²) in [7, 11) is 1.72. The van der Waals surface area contributed by atoms with Crippen molar-refractivity contribution in [2.24, 2.45) is 4.40 Å². The van der Waals surface area contributed by atoms with Crippen molar-refractivity contribution in [1.82, 2.24) is 4.72 Å². The Morgan fingerprint density at radius 3 is 1.88 bits per heavy atom. The second-order valence-electron chi connectivity index (χ2n) is 2.60. The van der Waals surface area contributed by atoms with E-state index in [1.54, 1.807) is 0 Å². The average Bonchev–Trinajstić information content (AvgIpc) is 2.77. The van der Waals surface area contributed by atoms with Crippen molar-refractivity contribution in [3.63, 3.8) is 0 Å². The van der Waals surface area contributed by atoms with Gasteiger partial charge in [-0.2, -0.15) is 9.12 Å². The fraction of sp³-hybridized carbons (Fsp3) is 0. The summed E-state index contributed by atoms with van der Waals surface area (Å²) in [6, 6.07) is 0. The highest BCUT2D eigenvalue weighted by molar-refractivity contribution is 9.10. The van der Waals surface area contributed by atoms with E-state index < -0.39 is 33.3 Å². The summed E-state index contributed by atoms with van der Waals surface area (Å²) < 4.78 is 59.3. The molecular weight excluding hydrogens is 332 g/mol. The lowest BCUT2D eigenvalue weighted by Gasteiger charge is -2.06. The maximum atomic E-state index is 13.4. The van der Waals surface area contributed by atoms with Gasteiger partial charge in [0.2, 0.25) is 0 Å². The van der Waals surface area contributed by atoms with Crippen LogP contribution in [-0.2, 0) is 0 Å². The molecule has 1 aromatic rings. The van der Waals surface area contributed by atoms with E-state index in [2.05, 4.69) is 25.0 Å². The quantitative estimate of drug-likeness (QED) is 0.258. The summed E-state index contributed by atoms with van der Waals surface area (Å²) in [5, 5.41) is 0. The zero-order chi connectivity index (χ0) is 11.9. The predicted molar refractivity (Wildman–Crippen MR) is 57.8 cm³/mol. The van der Waals surface area contributed by atoms with E-state index >= 15 is 0 Å². The van der Waals surface area contributed by atoms with Gasteiger partial charge in [-0.05, 0) is 15.9 Å². The monoisotopic (exact) mass is 331 g/mol. The third-order valence-electron chi connectivity index (χ3n) is 1.71. The smallest absolute Gasteiger partial charge is 0.183 e. The molecule has 0 bridgehead atoms. The van der Waals surface area contributed by atoms with Crippen LogP contribution in [0.1, 0.15) is 5.56 Å². The lowest BCUT2D eigenvalue weighted by Crippen LogP contribution is -2.15. The van der Waals surface area contributed by atoms with Gasteiger partial charge in [-0.3, -0.25) is 0 Å². The van der Waals surface area contributed by atoms with Crippen LogP contribution in [0.3, 0.4) is 0 Å². The highest BCUT2D eigenvalue weighted by Crippen LogP contribution is 2.33. The molecule has 0 amide bonds. The molecule has 0 saturated heterocycles. The van der Waals surface area contributed by atoms with Crippen LogP contribution < -0.4 is 4.72 Å². The molecule has 9 heteroatoms. The number of nitrogens with zero attached hydrogens (tertiary/aromatic N) is 2. The van der Waals surface area contributed by atoms with Crippen LogP contribution in [0.2, 0.25) is 0 Å². The normalized spacial score (nSPS) is 14.9. The summed E-state index contributed by atoms with van der Waals surface area (Å²) >= 11 is 2.41. The second kappa shape index (κ2) is 4.46. The van der Waals surface area contributed by atoms with Gasteiger partial charge >= 0.3 is 0 Å². The van der Waals surface area contributed by atoms with Gasteiger partial charge in [0.15, 0.2) is 29.1 Å². The van der Waals surface area contributed by atoms with Gasteiger partial charge in [0.1, 0.15) is 0 Å². The zero-order valence-electron chi connectivity index (χ0n) is 7.10.